The topological polar surface area (TPSA) is 38.0 Å². The molecule has 0 bridgehead atoms. The van der Waals surface area contributed by atoms with Gasteiger partial charge in [0.05, 0.1) is 11.0 Å². The van der Waals surface area contributed by atoms with Crippen LogP contribution in [0.15, 0.2) is 12.3 Å². The van der Waals surface area contributed by atoms with Crippen molar-refractivity contribution in [2.24, 2.45) is 5.73 Å². The number of rotatable bonds is 1. The molecule has 1 aliphatic rings. The van der Waals surface area contributed by atoms with E-state index >= 15 is 0 Å². The largest absolute Gasteiger partial charge is 0.392 e. The number of allylic oxidation sites excluding steroid dienone is 1. The van der Waals surface area contributed by atoms with Gasteiger partial charge in [-0.15, -0.1) is 0 Å². The van der Waals surface area contributed by atoms with Gasteiger partial charge in [0.15, 0.2) is 0 Å². The highest BCUT2D eigenvalue weighted by Gasteiger charge is 2.09. The van der Waals surface area contributed by atoms with E-state index in [4.69, 9.17) is 18.0 Å². The van der Waals surface area contributed by atoms with Crippen LogP contribution >= 0.6 is 12.2 Å². The fourth-order valence-electron chi connectivity index (χ4n) is 0.838. The van der Waals surface area contributed by atoms with E-state index in [2.05, 4.69) is 11.4 Å². The van der Waals surface area contributed by atoms with Crippen molar-refractivity contribution in [1.29, 1.82) is 0 Å². The Kier molecular flexibility index (Phi) is 2.05. The predicted octanol–water partition coefficient (Wildman–Crippen LogP) is 0.538. The molecule has 0 spiro atoms. The molecule has 1 unspecified atom stereocenters. The first-order valence-electron chi connectivity index (χ1n) is 3.01. The summed E-state index contributed by atoms with van der Waals surface area (Å²) in [5.41, 5.74) is 5.40. The molecule has 1 rings (SSSR count). The highest BCUT2D eigenvalue weighted by Crippen LogP contribution is 2.03. The Hall–Kier alpha value is -0.570. The van der Waals surface area contributed by atoms with Gasteiger partial charge in [0.25, 0.3) is 0 Å². The van der Waals surface area contributed by atoms with Crippen LogP contribution in [0.3, 0.4) is 0 Å². The highest BCUT2D eigenvalue weighted by atomic mass is 32.1. The third-order valence-electron chi connectivity index (χ3n) is 1.38. The molecule has 0 amide bonds. The van der Waals surface area contributed by atoms with Gasteiger partial charge in [-0.25, -0.2) is 0 Å². The van der Waals surface area contributed by atoms with Gasteiger partial charge < -0.3 is 11.1 Å². The van der Waals surface area contributed by atoms with E-state index < -0.39 is 0 Å². The van der Waals surface area contributed by atoms with Crippen molar-refractivity contribution in [2.45, 2.75) is 18.9 Å². The van der Waals surface area contributed by atoms with E-state index in [-0.39, 0.29) is 6.04 Å². The standard InChI is InChI=1S/C6H10N2S/c7-6(9)5-3-1-2-4-8-5/h2,4-5,8H,1,3H2,(H2,7,9). The summed E-state index contributed by atoms with van der Waals surface area (Å²) in [6.07, 6.45) is 6.10. The van der Waals surface area contributed by atoms with Crippen LogP contribution in [0.1, 0.15) is 12.8 Å². The minimum Gasteiger partial charge on any atom is -0.392 e. The summed E-state index contributed by atoms with van der Waals surface area (Å²) in [6, 6.07) is 0.227. The Labute approximate surface area is 60.1 Å². The molecule has 0 saturated carbocycles. The zero-order valence-electron chi connectivity index (χ0n) is 5.13. The maximum Gasteiger partial charge on any atom is 0.0953 e. The molecule has 0 aromatic heterocycles. The zero-order chi connectivity index (χ0) is 6.69. The summed E-state index contributed by atoms with van der Waals surface area (Å²) in [4.78, 5) is 0.569. The monoisotopic (exact) mass is 142 g/mol. The summed E-state index contributed by atoms with van der Waals surface area (Å²) in [5.74, 6) is 0. The lowest BCUT2D eigenvalue weighted by atomic mass is 10.1. The molecule has 2 nitrogen and oxygen atoms in total. The number of hydrogen-bond acceptors (Lipinski definition) is 2. The Morgan fingerprint density at radius 3 is 2.89 bits per heavy atom. The predicted molar refractivity (Wildman–Crippen MR) is 42.1 cm³/mol. The molecular weight excluding hydrogens is 132 g/mol. The van der Waals surface area contributed by atoms with Crippen molar-refractivity contribution in [3.05, 3.63) is 12.3 Å². The van der Waals surface area contributed by atoms with Crippen molar-refractivity contribution < 1.29 is 0 Å². The van der Waals surface area contributed by atoms with Crippen LogP contribution in [0.25, 0.3) is 0 Å². The summed E-state index contributed by atoms with van der Waals surface area (Å²) < 4.78 is 0. The quantitative estimate of drug-likeness (QED) is 0.525. The van der Waals surface area contributed by atoms with Crippen LogP contribution < -0.4 is 11.1 Å². The van der Waals surface area contributed by atoms with Crippen LogP contribution in [0.4, 0.5) is 0 Å². The van der Waals surface area contributed by atoms with Gasteiger partial charge in [0, 0.05) is 0 Å². The second-order valence-electron chi connectivity index (χ2n) is 2.10. The molecular formula is C6H10N2S. The second-order valence-corrected chi connectivity index (χ2v) is 2.57. The van der Waals surface area contributed by atoms with Crippen molar-refractivity contribution in [1.82, 2.24) is 5.32 Å². The average Bonchev–Trinajstić information content (AvgIpc) is 1.90. The van der Waals surface area contributed by atoms with E-state index in [0.29, 0.717) is 4.99 Å². The van der Waals surface area contributed by atoms with Crippen LogP contribution in [-0.4, -0.2) is 11.0 Å². The van der Waals surface area contributed by atoms with Crippen molar-refractivity contribution in [3.63, 3.8) is 0 Å². The van der Waals surface area contributed by atoms with E-state index in [9.17, 15) is 0 Å². The van der Waals surface area contributed by atoms with Crippen LogP contribution in [0.2, 0.25) is 0 Å². The fraction of sp³-hybridized carbons (Fsp3) is 0.500. The van der Waals surface area contributed by atoms with E-state index in [1.165, 1.54) is 0 Å². The molecule has 9 heavy (non-hydrogen) atoms. The number of thiocarbonyl (C=S) groups is 1. The number of hydrogen-bond donors (Lipinski definition) is 2. The first kappa shape index (κ1) is 6.55. The van der Waals surface area contributed by atoms with Crippen molar-refractivity contribution in [3.8, 4) is 0 Å². The van der Waals surface area contributed by atoms with Gasteiger partial charge in [0.2, 0.25) is 0 Å². The molecule has 0 fully saturated rings. The van der Waals surface area contributed by atoms with Crippen molar-refractivity contribution in [2.75, 3.05) is 0 Å². The summed E-state index contributed by atoms with van der Waals surface area (Å²) in [7, 11) is 0. The molecule has 3 N–H and O–H groups in total. The van der Waals surface area contributed by atoms with Gasteiger partial charge in [0.1, 0.15) is 0 Å². The van der Waals surface area contributed by atoms with E-state index in [1.54, 1.807) is 0 Å². The van der Waals surface area contributed by atoms with Gasteiger partial charge in [-0.3, -0.25) is 0 Å². The molecule has 3 heteroatoms. The van der Waals surface area contributed by atoms with Gasteiger partial charge in [-0.05, 0) is 19.0 Å². The smallest absolute Gasteiger partial charge is 0.0953 e. The maximum absolute atomic E-state index is 5.40. The normalized spacial score (nSPS) is 25.1. The van der Waals surface area contributed by atoms with E-state index in [0.717, 1.165) is 12.8 Å². The Morgan fingerprint density at radius 2 is 2.56 bits per heavy atom. The molecule has 0 aliphatic carbocycles. The van der Waals surface area contributed by atoms with Crippen LogP contribution in [0, 0.1) is 0 Å². The lowest BCUT2D eigenvalue weighted by Gasteiger charge is -2.17. The molecule has 0 aromatic carbocycles. The summed E-state index contributed by atoms with van der Waals surface area (Å²) >= 11 is 4.80. The molecule has 50 valence electrons. The summed E-state index contributed by atoms with van der Waals surface area (Å²) in [5, 5.41) is 3.07. The van der Waals surface area contributed by atoms with E-state index in [1.807, 2.05) is 6.20 Å². The highest BCUT2D eigenvalue weighted by molar-refractivity contribution is 7.80. The fourth-order valence-corrected chi connectivity index (χ4v) is 1.02. The van der Waals surface area contributed by atoms with Crippen molar-refractivity contribution >= 4 is 17.2 Å². The minimum atomic E-state index is 0.227. The SMILES string of the molecule is NC(=S)C1CCC=CN1. The molecule has 0 aromatic rings. The Bertz CT molecular complexity index is 142. The first-order chi connectivity index (χ1) is 4.30. The average molecular weight is 142 g/mol. The zero-order valence-corrected chi connectivity index (χ0v) is 5.95. The maximum atomic E-state index is 5.40. The van der Waals surface area contributed by atoms with Gasteiger partial charge in [-0.1, -0.05) is 18.3 Å². The third-order valence-corrected chi connectivity index (χ3v) is 1.67. The lowest BCUT2D eigenvalue weighted by Crippen LogP contribution is -2.38. The number of nitrogens with one attached hydrogen (secondary N) is 1. The Balaban J connectivity index is 2.44. The van der Waals surface area contributed by atoms with Gasteiger partial charge >= 0.3 is 0 Å². The molecule has 1 aliphatic heterocycles. The first-order valence-corrected chi connectivity index (χ1v) is 3.42. The Morgan fingerprint density at radius 1 is 1.78 bits per heavy atom. The summed E-state index contributed by atoms with van der Waals surface area (Å²) in [6.45, 7) is 0. The minimum absolute atomic E-state index is 0.227. The second kappa shape index (κ2) is 2.82. The molecule has 0 radical (unpaired) electrons. The third kappa shape index (κ3) is 1.68. The molecule has 1 atom stereocenters. The molecule has 0 saturated heterocycles. The van der Waals surface area contributed by atoms with Crippen LogP contribution in [-0.2, 0) is 0 Å². The number of nitrogens with two attached hydrogens (primary N) is 1. The van der Waals surface area contributed by atoms with Gasteiger partial charge in [-0.2, -0.15) is 0 Å². The van der Waals surface area contributed by atoms with Crippen LogP contribution in [0.5, 0.6) is 0 Å². The molecule has 1 heterocycles. The lowest BCUT2D eigenvalue weighted by molar-refractivity contribution is 0.648.